The first-order valence-corrected chi connectivity index (χ1v) is 23.8. The topological polar surface area (TPSA) is 113 Å². The summed E-state index contributed by atoms with van der Waals surface area (Å²) in [6.07, 6.45) is 14.6. The predicted octanol–water partition coefficient (Wildman–Crippen LogP) is 11.3. The third-order valence-electron chi connectivity index (χ3n) is 20.4. The number of H-pyrrole nitrogens is 1. The Morgan fingerprint density at radius 3 is 2.25 bits per heavy atom. The summed E-state index contributed by atoms with van der Waals surface area (Å²) in [5.74, 6) is 1.94. The molecule has 8 nitrogen and oxygen atoms in total. The molecule has 7 aliphatic rings. The number of ether oxygens (including phenoxy) is 1. The van der Waals surface area contributed by atoms with Crippen molar-refractivity contribution in [2.75, 3.05) is 6.54 Å². The summed E-state index contributed by atoms with van der Waals surface area (Å²) in [5, 5.41) is 9.71. The van der Waals surface area contributed by atoms with E-state index in [1.165, 1.54) is 25.0 Å². The third kappa shape index (κ3) is 5.83. The summed E-state index contributed by atoms with van der Waals surface area (Å²) in [5.41, 5.74) is 0.995. The number of rotatable bonds is 7. The van der Waals surface area contributed by atoms with Crippen molar-refractivity contribution < 1.29 is 28.6 Å². The summed E-state index contributed by atoms with van der Waals surface area (Å²) in [6, 6.07) is 6.44. The van der Waals surface area contributed by atoms with Gasteiger partial charge in [-0.3, -0.25) is 14.4 Å². The van der Waals surface area contributed by atoms with E-state index < -0.39 is 17.3 Å². The number of carbonyl (C=O) groups excluding carboxylic acids is 2. The lowest BCUT2D eigenvalue weighted by molar-refractivity contribution is -0.252. The van der Waals surface area contributed by atoms with Gasteiger partial charge in [0.2, 0.25) is 5.91 Å². The number of imidazole rings is 1. The fourth-order valence-corrected chi connectivity index (χ4v) is 16.8. The van der Waals surface area contributed by atoms with Crippen LogP contribution >= 0.6 is 0 Å². The van der Waals surface area contributed by atoms with Crippen LogP contribution in [0.4, 0.5) is 4.39 Å². The van der Waals surface area contributed by atoms with Crippen molar-refractivity contribution in [2.24, 2.45) is 79.8 Å². The molecule has 1 aromatic carbocycles. The number of benzene rings is 1. The lowest BCUT2D eigenvalue weighted by Crippen LogP contribution is -2.67. The monoisotopic (exact) mass is 826 g/mol. The minimum absolute atomic E-state index is 0.0729. The minimum Gasteiger partial charge on any atom is -0.481 e. The molecule has 9 heteroatoms. The first-order valence-electron chi connectivity index (χ1n) is 23.8. The molecule has 0 bridgehead atoms. The molecule has 2 aromatic rings. The number of esters is 1. The van der Waals surface area contributed by atoms with Gasteiger partial charge in [0.15, 0.2) is 0 Å². The van der Waals surface area contributed by atoms with E-state index >= 15 is 4.79 Å². The average molecular weight is 826 g/mol. The lowest BCUT2D eigenvalue weighted by atomic mass is 9.32. The second-order valence-corrected chi connectivity index (χ2v) is 23.4. The van der Waals surface area contributed by atoms with Crippen LogP contribution in [-0.2, 0) is 19.1 Å². The van der Waals surface area contributed by atoms with Crippen molar-refractivity contribution in [3.05, 3.63) is 42.1 Å². The Labute approximate surface area is 358 Å². The molecular formula is C51H72FN3O5. The number of halogens is 1. The molecule has 7 fully saturated rings. The van der Waals surface area contributed by atoms with E-state index in [-0.39, 0.29) is 56.9 Å². The number of amides is 1. The van der Waals surface area contributed by atoms with Crippen LogP contribution in [-0.4, -0.2) is 50.5 Å². The molecule has 1 aliphatic heterocycles. The molecule has 1 unspecified atom stereocenters. The van der Waals surface area contributed by atoms with Gasteiger partial charge >= 0.3 is 11.9 Å². The summed E-state index contributed by atoms with van der Waals surface area (Å²) in [7, 11) is 0. The summed E-state index contributed by atoms with van der Waals surface area (Å²) < 4.78 is 20.2. The quantitative estimate of drug-likeness (QED) is 0.269. The maximum absolute atomic E-state index is 15.6. The average Bonchev–Trinajstić information content (AvgIpc) is 3.95. The predicted molar refractivity (Wildman–Crippen MR) is 230 cm³/mol. The van der Waals surface area contributed by atoms with E-state index in [1.807, 2.05) is 20.0 Å². The Kier molecular flexibility index (Phi) is 9.92. The van der Waals surface area contributed by atoms with Gasteiger partial charge < -0.3 is 19.7 Å². The molecule has 0 radical (unpaired) electrons. The van der Waals surface area contributed by atoms with Gasteiger partial charge in [-0.05, 0) is 170 Å². The molecule has 6 aliphatic carbocycles. The lowest BCUT2D eigenvalue weighted by Gasteiger charge is -2.73. The zero-order chi connectivity index (χ0) is 42.9. The number of nitrogens with zero attached hydrogens (tertiary/aromatic N) is 2. The minimum atomic E-state index is -0.821. The Balaban J connectivity index is 0.964. The van der Waals surface area contributed by atoms with Crippen LogP contribution in [0.1, 0.15) is 158 Å². The molecule has 6 saturated carbocycles. The Morgan fingerprint density at radius 1 is 0.833 bits per heavy atom. The van der Waals surface area contributed by atoms with E-state index in [0.29, 0.717) is 47.8 Å². The molecule has 60 heavy (non-hydrogen) atoms. The molecule has 1 amide bonds. The molecule has 2 N–H and O–H groups in total. The highest BCUT2D eigenvalue weighted by atomic mass is 19.1. The number of aromatic nitrogens is 2. The number of aliphatic carboxylic acids is 1. The molecule has 0 spiro atoms. The van der Waals surface area contributed by atoms with Gasteiger partial charge in [-0.25, -0.2) is 9.37 Å². The van der Waals surface area contributed by atoms with Gasteiger partial charge in [-0.1, -0.05) is 62.3 Å². The highest BCUT2D eigenvalue weighted by molar-refractivity contribution is 5.85. The van der Waals surface area contributed by atoms with E-state index in [4.69, 9.17) is 9.72 Å². The van der Waals surface area contributed by atoms with Gasteiger partial charge in [-0.2, -0.15) is 0 Å². The Hall–Kier alpha value is -3.23. The van der Waals surface area contributed by atoms with Gasteiger partial charge in [0.05, 0.1) is 35.2 Å². The first kappa shape index (κ1) is 42.1. The summed E-state index contributed by atoms with van der Waals surface area (Å²) in [4.78, 5) is 51.7. The highest BCUT2D eigenvalue weighted by Gasteiger charge is 2.73. The van der Waals surface area contributed by atoms with Crippen molar-refractivity contribution in [1.29, 1.82) is 0 Å². The zero-order valence-corrected chi connectivity index (χ0v) is 37.9. The molecule has 1 aromatic heterocycles. The number of carbonyl (C=O) groups is 3. The highest BCUT2D eigenvalue weighted by Crippen LogP contribution is 2.78. The van der Waals surface area contributed by atoms with Crippen molar-refractivity contribution >= 4 is 17.8 Å². The molecule has 2 heterocycles. The van der Waals surface area contributed by atoms with E-state index in [2.05, 4.69) is 58.4 Å². The van der Waals surface area contributed by atoms with Gasteiger partial charge in [-0.15, -0.1) is 0 Å². The number of hydrogen-bond acceptors (Lipinski definition) is 5. The van der Waals surface area contributed by atoms with Crippen LogP contribution in [0.2, 0.25) is 0 Å². The van der Waals surface area contributed by atoms with Crippen molar-refractivity contribution in [3.8, 4) is 11.3 Å². The fourth-order valence-electron chi connectivity index (χ4n) is 16.8. The summed E-state index contributed by atoms with van der Waals surface area (Å²) >= 11 is 0. The number of likely N-dealkylation sites (tertiary alicyclic amines) is 1. The number of aromatic amines is 1. The van der Waals surface area contributed by atoms with Crippen molar-refractivity contribution in [1.82, 2.24) is 14.9 Å². The SMILES string of the molecule is CC(C)[C@@H]1CC[C@]2(C(=O)N3CCCC3c3ncc(-c4ccc(F)cc4)[nH]3)CC[C@]3(C)[C@H](CC[C@@H]4[C@@]5(C)CC[C@H](OC(=O)[C@H]6C[C@@H](C(=O)O)C6(C)C)C(C)(C)[C@@H]5CC[C@]43C)[C@@H]12. The van der Waals surface area contributed by atoms with Crippen molar-refractivity contribution in [3.63, 3.8) is 0 Å². The maximum Gasteiger partial charge on any atom is 0.309 e. The van der Waals surface area contributed by atoms with Crippen molar-refractivity contribution in [2.45, 2.75) is 158 Å². The second-order valence-electron chi connectivity index (χ2n) is 23.4. The number of carboxylic acids is 1. The number of carboxylic acid groups (broad SMARTS) is 1. The maximum atomic E-state index is 15.6. The van der Waals surface area contributed by atoms with Crippen LogP contribution in [0.15, 0.2) is 30.5 Å². The van der Waals surface area contributed by atoms with Crippen LogP contribution in [0.25, 0.3) is 11.3 Å². The van der Waals surface area contributed by atoms with Crippen LogP contribution < -0.4 is 0 Å². The van der Waals surface area contributed by atoms with Gasteiger partial charge in [0.1, 0.15) is 17.7 Å². The van der Waals surface area contributed by atoms with Gasteiger partial charge in [0, 0.05) is 12.0 Å². The third-order valence-corrected chi connectivity index (χ3v) is 20.4. The Morgan fingerprint density at radius 2 is 1.57 bits per heavy atom. The van der Waals surface area contributed by atoms with E-state index in [9.17, 15) is 19.1 Å². The van der Waals surface area contributed by atoms with Gasteiger partial charge in [0.25, 0.3) is 0 Å². The molecule has 13 atom stereocenters. The van der Waals surface area contributed by atoms with Crippen LogP contribution in [0.3, 0.4) is 0 Å². The molecule has 1 saturated heterocycles. The fraction of sp³-hybridized carbons (Fsp3) is 0.765. The normalized spacial score (nSPS) is 42.6. The second kappa shape index (κ2) is 14.1. The zero-order valence-electron chi connectivity index (χ0n) is 37.9. The first-order chi connectivity index (χ1) is 28.2. The number of fused-ring (bicyclic) bond motifs is 7. The Bertz CT molecular complexity index is 2020. The number of nitrogens with one attached hydrogen (secondary N) is 1. The van der Waals surface area contributed by atoms with Crippen LogP contribution in [0.5, 0.6) is 0 Å². The molecular weight excluding hydrogens is 754 g/mol. The molecule has 9 rings (SSSR count). The standard InChI is InChI=1S/C51H72FN3O5/c1-29(2)32-18-23-51(45(59)55-26-10-11-37(55)42-53-28-36(54-42)30-12-14-31(52)15-13-30)25-24-49(8)33(41(32)51)16-17-39-48(7)21-20-40(47(5,6)38(48)19-22-50(39,49)9)60-44(58)35-27-34(43(56)57)46(35,3)4/h12-15,28-29,32-35,37-41H,10-11,16-27H2,1-9H3,(H,53,54)(H,56,57)/t32-,33+,34-,35+,37?,38-,39+,40-,41+,48-,49+,50+,51-/m0/s1. The van der Waals surface area contributed by atoms with E-state index in [1.54, 1.807) is 12.1 Å². The van der Waals surface area contributed by atoms with Crippen LogP contribution in [0, 0.1) is 85.7 Å². The largest absolute Gasteiger partial charge is 0.481 e. The smallest absolute Gasteiger partial charge is 0.309 e. The van der Waals surface area contributed by atoms with E-state index in [0.717, 1.165) is 87.8 Å². The number of hydrogen-bond donors (Lipinski definition) is 2. The molecule has 328 valence electrons. The summed E-state index contributed by atoms with van der Waals surface area (Å²) in [6.45, 7) is 22.0.